The SMILES string of the molecule is CC(C)CNCc1cn(CC(N)=O)nn1. The van der Waals surface area contributed by atoms with Crippen molar-refractivity contribution in [1.29, 1.82) is 0 Å². The highest BCUT2D eigenvalue weighted by Gasteiger charge is 2.02. The molecular formula is C9H17N5O. The van der Waals surface area contributed by atoms with Crippen LogP contribution in [0.5, 0.6) is 0 Å². The standard InChI is InChI=1S/C9H17N5O/c1-7(2)3-11-4-8-5-14(13-12-8)6-9(10)15/h5,7,11H,3-4,6H2,1-2H3,(H2,10,15). The van der Waals surface area contributed by atoms with E-state index in [0.717, 1.165) is 12.2 Å². The predicted molar refractivity (Wildman–Crippen MR) is 55.8 cm³/mol. The Labute approximate surface area is 88.8 Å². The number of aromatic nitrogens is 3. The number of amides is 1. The number of nitrogens with two attached hydrogens (primary N) is 1. The van der Waals surface area contributed by atoms with E-state index in [-0.39, 0.29) is 6.54 Å². The van der Waals surface area contributed by atoms with Gasteiger partial charge in [-0.3, -0.25) is 4.79 Å². The van der Waals surface area contributed by atoms with Crippen LogP contribution in [0, 0.1) is 5.92 Å². The quantitative estimate of drug-likeness (QED) is 0.664. The molecule has 0 aliphatic heterocycles. The third-order valence-corrected chi connectivity index (χ3v) is 1.76. The number of carbonyl (C=O) groups excluding carboxylic acids is 1. The van der Waals surface area contributed by atoms with Gasteiger partial charge in [-0.15, -0.1) is 5.10 Å². The van der Waals surface area contributed by atoms with Gasteiger partial charge in [-0.25, -0.2) is 4.68 Å². The molecule has 15 heavy (non-hydrogen) atoms. The van der Waals surface area contributed by atoms with Crippen molar-refractivity contribution < 1.29 is 4.79 Å². The fraction of sp³-hybridized carbons (Fsp3) is 0.667. The van der Waals surface area contributed by atoms with Gasteiger partial charge < -0.3 is 11.1 Å². The average Bonchev–Trinajstić information content (AvgIpc) is 2.50. The van der Waals surface area contributed by atoms with Crippen LogP contribution in [0.15, 0.2) is 6.20 Å². The Bertz CT molecular complexity index is 320. The van der Waals surface area contributed by atoms with Crippen LogP contribution in [0.2, 0.25) is 0 Å². The lowest BCUT2D eigenvalue weighted by molar-refractivity contribution is -0.118. The summed E-state index contributed by atoms with van der Waals surface area (Å²) in [6.07, 6.45) is 1.72. The van der Waals surface area contributed by atoms with Crippen molar-refractivity contribution >= 4 is 5.91 Å². The zero-order valence-electron chi connectivity index (χ0n) is 9.10. The molecule has 0 aliphatic carbocycles. The van der Waals surface area contributed by atoms with Gasteiger partial charge in [0.05, 0.1) is 11.9 Å². The van der Waals surface area contributed by atoms with Crippen LogP contribution >= 0.6 is 0 Å². The maximum absolute atomic E-state index is 10.6. The van der Waals surface area contributed by atoms with Crippen molar-refractivity contribution in [1.82, 2.24) is 20.3 Å². The summed E-state index contributed by atoms with van der Waals surface area (Å²) < 4.78 is 1.44. The molecular weight excluding hydrogens is 194 g/mol. The van der Waals surface area contributed by atoms with Crippen molar-refractivity contribution in [2.24, 2.45) is 11.7 Å². The van der Waals surface area contributed by atoms with E-state index in [1.54, 1.807) is 6.20 Å². The normalized spacial score (nSPS) is 10.9. The third kappa shape index (κ3) is 4.55. The summed E-state index contributed by atoms with van der Waals surface area (Å²) in [7, 11) is 0. The monoisotopic (exact) mass is 211 g/mol. The second-order valence-electron chi connectivity index (χ2n) is 3.90. The van der Waals surface area contributed by atoms with Gasteiger partial charge in [0, 0.05) is 6.54 Å². The van der Waals surface area contributed by atoms with E-state index in [1.807, 2.05) is 0 Å². The average molecular weight is 211 g/mol. The maximum Gasteiger partial charge on any atom is 0.239 e. The van der Waals surface area contributed by atoms with Crippen LogP contribution in [0.1, 0.15) is 19.5 Å². The van der Waals surface area contributed by atoms with E-state index in [1.165, 1.54) is 4.68 Å². The minimum atomic E-state index is -0.415. The highest BCUT2D eigenvalue weighted by molar-refractivity contribution is 5.73. The molecule has 0 radical (unpaired) electrons. The van der Waals surface area contributed by atoms with Crippen molar-refractivity contribution in [2.45, 2.75) is 26.9 Å². The highest BCUT2D eigenvalue weighted by atomic mass is 16.1. The number of hydrogen-bond acceptors (Lipinski definition) is 4. The van der Waals surface area contributed by atoms with Crippen LogP contribution in [0.3, 0.4) is 0 Å². The van der Waals surface area contributed by atoms with Crippen molar-refractivity contribution in [3.05, 3.63) is 11.9 Å². The minimum Gasteiger partial charge on any atom is -0.368 e. The molecule has 0 fully saturated rings. The van der Waals surface area contributed by atoms with Crippen LogP contribution in [-0.4, -0.2) is 27.4 Å². The molecule has 0 bridgehead atoms. The molecule has 0 saturated carbocycles. The summed E-state index contributed by atoms with van der Waals surface area (Å²) in [4.78, 5) is 10.6. The zero-order chi connectivity index (χ0) is 11.3. The Morgan fingerprint density at radius 3 is 3.00 bits per heavy atom. The van der Waals surface area contributed by atoms with E-state index in [9.17, 15) is 4.79 Å². The molecule has 1 rings (SSSR count). The Balaban J connectivity index is 2.36. The number of hydrogen-bond donors (Lipinski definition) is 2. The van der Waals surface area contributed by atoms with Crippen molar-refractivity contribution in [3.63, 3.8) is 0 Å². The maximum atomic E-state index is 10.6. The first-order valence-electron chi connectivity index (χ1n) is 4.96. The van der Waals surface area contributed by atoms with Gasteiger partial charge in [0.25, 0.3) is 0 Å². The Kier molecular flexibility index (Phi) is 4.23. The molecule has 0 aliphatic rings. The molecule has 6 nitrogen and oxygen atoms in total. The predicted octanol–water partition coefficient (Wildman–Crippen LogP) is -0.491. The molecule has 84 valence electrons. The lowest BCUT2D eigenvalue weighted by atomic mass is 10.2. The van der Waals surface area contributed by atoms with Gasteiger partial charge in [-0.1, -0.05) is 19.1 Å². The number of primary amides is 1. The van der Waals surface area contributed by atoms with Gasteiger partial charge in [-0.05, 0) is 12.5 Å². The summed E-state index contributed by atoms with van der Waals surface area (Å²) in [5.74, 6) is 0.187. The van der Waals surface area contributed by atoms with Gasteiger partial charge in [0.1, 0.15) is 6.54 Å². The van der Waals surface area contributed by atoms with Gasteiger partial charge in [0.15, 0.2) is 0 Å². The molecule has 0 aromatic carbocycles. The zero-order valence-corrected chi connectivity index (χ0v) is 9.10. The summed E-state index contributed by atoms with van der Waals surface area (Å²) >= 11 is 0. The fourth-order valence-corrected chi connectivity index (χ4v) is 1.15. The summed E-state index contributed by atoms with van der Waals surface area (Å²) in [5.41, 5.74) is 5.85. The molecule has 1 amide bonds. The van der Waals surface area contributed by atoms with Crippen molar-refractivity contribution in [2.75, 3.05) is 6.54 Å². The molecule has 0 saturated heterocycles. The molecule has 0 atom stereocenters. The first-order valence-corrected chi connectivity index (χ1v) is 4.96. The molecule has 6 heteroatoms. The van der Waals surface area contributed by atoms with E-state index in [0.29, 0.717) is 12.5 Å². The molecule has 1 aromatic heterocycles. The molecule has 1 heterocycles. The highest BCUT2D eigenvalue weighted by Crippen LogP contribution is 1.94. The second-order valence-corrected chi connectivity index (χ2v) is 3.90. The Hall–Kier alpha value is -1.43. The van der Waals surface area contributed by atoms with Crippen LogP contribution in [-0.2, 0) is 17.9 Å². The van der Waals surface area contributed by atoms with Crippen LogP contribution < -0.4 is 11.1 Å². The molecule has 0 spiro atoms. The Morgan fingerprint density at radius 1 is 1.67 bits per heavy atom. The first-order chi connectivity index (χ1) is 7.08. The third-order valence-electron chi connectivity index (χ3n) is 1.76. The fourth-order valence-electron chi connectivity index (χ4n) is 1.15. The van der Waals surface area contributed by atoms with E-state index >= 15 is 0 Å². The Morgan fingerprint density at radius 2 is 2.40 bits per heavy atom. The van der Waals surface area contributed by atoms with Crippen LogP contribution in [0.4, 0.5) is 0 Å². The summed E-state index contributed by atoms with van der Waals surface area (Å²) in [6.45, 7) is 5.95. The number of nitrogens with one attached hydrogen (secondary N) is 1. The summed E-state index contributed by atoms with van der Waals surface area (Å²) in [6, 6.07) is 0. The van der Waals surface area contributed by atoms with E-state index < -0.39 is 5.91 Å². The summed E-state index contributed by atoms with van der Waals surface area (Å²) in [5, 5.41) is 10.9. The minimum absolute atomic E-state index is 0.0805. The smallest absolute Gasteiger partial charge is 0.239 e. The van der Waals surface area contributed by atoms with Gasteiger partial charge >= 0.3 is 0 Å². The topological polar surface area (TPSA) is 85.8 Å². The van der Waals surface area contributed by atoms with Crippen molar-refractivity contribution in [3.8, 4) is 0 Å². The number of rotatable bonds is 6. The lowest BCUT2D eigenvalue weighted by Gasteiger charge is -2.04. The second kappa shape index (κ2) is 5.45. The van der Waals surface area contributed by atoms with Crippen LogP contribution in [0.25, 0.3) is 0 Å². The van der Waals surface area contributed by atoms with Gasteiger partial charge in [-0.2, -0.15) is 0 Å². The number of nitrogens with zero attached hydrogens (tertiary/aromatic N) is 3. The first kappa shape index (κ1) is 11.6. The molecule has 1 aromatic rings. The van der Waals surface area contributed by atoms with E-state index in [2.05, 4.69) is 29.5 Å². The lowest BCUT2D eigenvalue weighted by Crippen LogP contribution is -2.19. The number of carbonyl (C=O) groups is 1. The molecule has 0 unspecified atom stereocenters. The van der Waals surface area contributed by atoms with Gasteiger partial charge in [0.2, 0.25) is 5.91 Å². The largest absolute Gasteiger partial charge is 0.368 e. The molecule has 3 N–H and O–H groups in total. The van der Waals surface area contributed by atoms with E-state index in [4.69, 9.17) is 5.73 Å².